The van der Waals surface area contributed by atoms with E-state index in [4.69, 9.17) is 0 Å². The maximum absolute atomic E-state index is 13.1. The van der Waals surface area contributed by atoms with Crippen molar-refractivity contribution >= 4 is 12.4 Å². The van der Waals surface area contributed by atoms with E-state index in [1.807, 2.05) is 0 Å². The van der Waals surface area contributed by atoms with Crippen LogP contribution in [0.15, 0.2) is 18.2 Å². The monoisotopic (exact) mass is 316 g/mol. The van der Waals surface area contributed by atoms with Crippen molar-refractivity contribution in [3.05, 3.63) is 35.4 Å². The summed E-state index contributed by atoms with van der Waals surface area (Å²) in [6.07, 6.45) is -4.57. The molecular formula is C12H14ClF5N2. The molecule has 2 rings (SSSR count). The zero-order valence-electron chi connectivity index (χ0n) is 10.4. The maximum Gasteiger partial charge on any atom is 0.408 e. The third-order valence-electron chi connectivity index (χ3n) is 3.03. The zero-order valence-corrected chi connectivity index (χ0v) is 11.2. The summed E-state index contributed by atoms with van der Waals surface area (Å²) in [6, 6.07) is 0.0705. The van der Waals surface area contributed by atoms with Crippen molar-refractivity contribution in [3.8, 4) is 0 Å². The highest BCUT2D eigenvalue weighted by molar-refractivity contribution is 5.85. The Kier molecular flexibility index (Phi) is 5.73. The molecule has 0 aliphatic carbocycles. The van der Waals surface area contributed by atoms with Crippen LogP contribution >= 0.6 is 12.4 Å². The lowest BCUT2D eigenvalue weighted by Crippen LogP contribution is -2.49. The van der Waals surface area contributed by atoms with Gasteiger partial charge in [0.25, 0.3) is 0 Å². The third kappa shape index (κ3) is 4.04. The highest BCUT2D eigenvalue weighted by Crippen LogP contribution is 2.38. The smallest absolute Gasteiger partial charge is 0.314 e. The average Bonchev–Trinajstić information content (AvgIpc) is 2.27. The van der Waals surface area contributed by atoms with Crippen LogP contribution in [0.4, 0.5) is 22.0 Å². The Morgan fingerprint density at radius 3 is 1.95 bits per heavy atom. The number of hydrogen-bond donors (Lipinski definition) is 1. The molecule has 1 fully saturated rings. The fraction of sp³-hybridized carbons (Fsp3) is 0.500. The van der Waals surface area contributed by atoms with Crippen LogP contribution in [0.25, 0.3) is 0 Å². The fourth-order valence-corrected chi connectivity index (χ4v) is 2.28. The van der Waals surface area contributed by atoms with Gasteiger partial charge in [-0.05, 0) is 17.7 Å². The number of alkyl halides is 3. The summed E-state index contributed by atoms with van der Waals surface area (Å²) in [4.78, 5) is 1.19. The van der Waals surface area contributed by atoms with E-state index >= 15 is 0 Å². The SMILES string of the molecule is Cl.Fc1cc(F)cc([C@H](N2CCNCC2)C(F)(F)F)c1. The van der Waals surface area contributed by atoms with E-state index < -0.39 is 29.4 Å². The molecule has 0 aromatic heterocycles. The van der Waals surface area contributed by atoms with E-state index in [1.54, 1.807) is 0 Å². The average molecular weight is 317 g/mol. The minimum absolute atomic E-state index is 0. The van der Waals surface area contributed by atoms with Crippen LogP contribution in [0, 0.1) is 11.6 Å². The Hall–Kier alpha value is -0.920. The van der Waals surface area contributed by atoms with E-state index in [0.717, 1.165) is 12.1 Å². The van der Waals surface area contributed by atoms with Gasteiger partial charge in [-0.3, -0.25) is 4.90 Å². The van der Waals surface area contributed by atoms with Crippen LogP contribution in [-0.2, 0) is 0 Å². The van der Waals surface area contributed by atoms with Crippen LogP contribution < -0.4 is 5.32 Å². The third-order valence-corrected chi connectivity index (χ3v) is 3.03. The quantitative estimate of drug-likeness (QED) is 0.844. The van der Waals surface area contributed by atoms with Crippen molar-refractivity contribution in [1.29, 1.82) is 0 Å². The Bertz CT molecular complexity index is 426. The molecule has 8 heteroatoms. The summed E-state index contributed by atoms with van der Waals surface area (Å²) in [5.74, 6) is -2.00. The predicted molar refractivity (Wildman–Crippen MR) is 66.8 cm³/mol. The highest BCUT2D eigenvalue weighted by Gasteiger charge is 2.45. The molecule has 1 saturated heterocycles. The molecule has 20 heavy (non-hydrogen) atoms. The number of rotatable bonds is 2. The van der Waals surface area contributed by atoms with Gasteiger partial charge in [-0.1, -0.05) is 0 Å². The standard InChI is InChI=1S/C12H13F5N2.ClH/c13-9-5-8(6-10(14)7-9)11(12(15,16)17)19-3-1-18-2-4-19;/h5-7,11,18H,1-4H2;1H/t11-;/m0./s1. The molecule has 0 unspecified atom stereocenters. The van der Waals surface area contributed by atoms with Gasteiger partial charge in [-0.15, -0.1) is 12.4 Å². The number of piperazine rings is 1. The van der Waals surface area contributed by atoms with Crippen LogP contribution in [0.5, 0.6) is 0 Å². The number of nitrogens with zero attached hydrogens (tertiary/aromatic N) is 1. The van der Waals surface area contributed by atoms with E-state index in [-0.39, 0.29) is 25.5 Å². The second kappa shape index (κ2) is 6.69. The molecule has 114 valence electrons. The van der Waals surface area contributed by atoms with Gasteiger partial charge >= 0.3 is 6.18 Å². The number of hydrogen-bond acceptors (Lipinski definition) is 2. The topological polar surface area (TPSA) is 15.3 Å². The van der Waals surface area contributed by atoms with E-state index in [9.17, 15) is 22.0 Å². The van der Waals surface area contributed by atoms with Gasteiger partial charge in [0.2, 0.25) is 0 Å². The first-order valence-electron chi connectivity index (χ1n) is 5.85. The molecule has 1 aromatic rings. The summed E-state index contributed by atoms with van der Waals surface area (Å²) in [5.41, 5.74) is -0.396. The molecule has 1 N–H and O–H groups in total. The highest BCUT2D eigenvalue weighted by atomic mass is 35.5. The minimum Gasteiger partial charge on any atom is -0.314 e. The predicted octanol–water partition coefficient (Wildman–Crippen LogP) is 2.90. The van der Waals surface area contributed by atoms with E-state index in [0.29, 0.717) is 19.2 Å². The van der Waals surface area contributed by atoms with Crippen molar-refractivity contribution in [3.63, 3.8) is 0 Å². The Morgan fingerprint density at radius 1 is 1.00 bits per heavy atom. The Morgan fingerprint density at radius 2 is 1.50 bits per heavy atom. The van der Waals surface area contributed by atoms with Gasteiger partial charge < -0.3 is 5.32 Å². The first kappa shape index (κ1) is 17.1. The fourth-order valence-electron chi connectivity index (χ4n) is 2.28. The number of halogens is 6. The zero-order chi connectivity index (χ0) is 14.0. The molecule has 0 spiro atoms. The molecule has 1 aliphatic rings. The van der Waals surface area contributed by atoms with Gasteiger partial charge in [-0.2, -0.15) is 13.2 Å². The summed E-state index contributed by atoms with van der Waals surface area (Å²) in [5, 5.41) is 2.94. The molecule has 0 bridgehead atoms. The summed E-state index contributed by atoms with van der Waals surface area (Å²) < 4.78 is 65.7. The number of benzene rings is 1. The van der Waals surface area contributed by atoms with E-state index in [2.05, 4.69) is 5.32 Å². The second-order valence-corrected chi connectivity index (χ2v) is 4.43. The van der Waals surface area contributed by atoms with Crippen molar-refractivity contribution in [2.45, 2.75) is 12.2 Å². The lowest BCUT2D eigenvalue weighted by molar-refractivity contribution is -0.188. The van der Waals surface area contributed by atoms with Gasteiger partial charge in [0.05, 0.1) is 0 Å². The first-order chi connectivity index (χ1) is 8.88. The summed E-state index contributed by atoms with van der Waals surface area (Å²) in [7, 11) is 0. The van der Waals surface area contributed by atoms with Gasteiger partial charge in [-0.25, -0.2) is 8.78 Å². The maximum atomic E-state index is 13.1. The minimum atomic E-state index is -4.57. The van der Waals surface area contributed by atoms with Gasteiger partial charge in [0, 0.05) is 32.2 Å². The molecule has 1 atom stereocenters. The molecule has 1 heterocycles. The van der Waals surface area contributed by atoms with Crippen molar-refractivity contribution in [2.75, 3.05) is 26.2 Å². The Labute approximate surface area is 119 Å². The van der Waals surface area contributed by atoms with Gasteiger partial charge in [0.1, 0.15) is 17.7 Å². The lowest BCUT2D eigenvalue weighted by Gasteiger charge is -2.36. The van der Waals surface area contributed by atoms with Gasteiger partial charge in [0.15, 0.2) is 0 Å². The van der Waals surface area contributed by atoms with Crippen LogP contribution in [0.1, 0.15) is 11.6 Å². The van der Waals surface area contributed by atoms with Crippen molar-refractivity contribution < 1.29 is 22.0 Å². The molecule has 0 saturated carbocycles. The van der Waals surface area contributed by atoms with Crippen LogP contribution in [0.2, 0.25) is 0 Å². The van der Waals surface area contributed by atoms with Crippen molar-refractivity contribution in [1.82, 2.24) is 10.2 Å². The summed E-state index contributed by atoms with van der Waals surface area (Å²) in [6.45, 7) is 1.21. The first-order valence-corrected chi connectivity index (χ1v) is 5.85. The largest absolute Gasteiger partial charge is 0.408 e. The second-order valence-electron chi connectivity index (χ2n) is 4.43. The Balaban J connectivity index is 0.00000200. The molecule has 1 aliphatic heterocycles. The number of nitrogens with one attached hydrogen (secondary N) is 1. The molecule has 0 amide bonds. The van der Waals surface area contributed by atoms with Crippen LogP contribution in [0.3, 0.4) is 0 Å². The van der Waals surface area contributed by atoms with E-state index in [1.165, 1.54) is 4.90 Å². The molecule has 1 aromatic carbocycles. The summed E-state index contributed by atoms with van der Waals surface area (Å²) >= 11 is 0. The lowest BCUT2D eigenvalue weighted by atomic mass is 10.0. The van der Waals surface area contributed by atoms with Crippen molar-refractivity contribution in [2.24, 2.45) is 0 Å². The molecule has 2 nitrogen and oxygen atoms in total. The van der Waals surface area contributed by atoms with Crippen LogP contribution in [-0.4, -0.2) is 37.3 Å². The molecular weight excluding hydrogens is 303 g/mol. The normalized spacial score (nSPS) is 18.4. The molecule has 0 radical (unpaired) electrons.